The summed E-state index contributed by atoms with van der Waals surface area (Å²) in [7, 11) is 0. The number of rotatable bonds is 6. The number of H-pyrrole nitrogens is 1. The molecule has 142 valence electrons. The summed E-state index contributed by atoms with van der Waals surface area (Å²) < 4.78 is 0. The van der Waals surface area contributed by atoms with E-state index in [1.807, 2.05) is 31.2 Å². The van der Waals surface area contributed by atoms with Crippen LogP contribution in [0.1, 0.15) is 36.2 Å². The molecule has 1 aromatic heterocycles. The lowest BCUT2D eigenvalue weighted by atomic mass is 10.1. The topological polar surface area (TPSA) is 74.8 Å². The fraction of sp³-hybridized carbons (Fsp3) is 0.227. The fourth-order valence-electron chi connectivity index (χ4n) is 3.58. The summed E-state index contributed by atoms with van der Waals surface area (Å²) in [4.78, 5) is 31.5. The molecule has 0 bridgehead atoms. The molecule has 1 heterocycles. The molecule has 1 aliphatic carbocycles. The normalized spacial score (nSPS) is 12.5. The maximum atomic E-state index is 12.6. The van der Waals surface area contributed by atoms with Crippen molar-refractivity contribution in [1.82, 2.24) is 15.3 Å². The van der Waals surface area contributed by atoms with Gasteiger partial charge in [0, 0.05) is 11.8 Å². The van der Waals surface area contributed by atoms with Gasteiger partial charge < -0.3 is 10.3 Å². The summed E-state index contributed by atoms with van der Waals surface area (Å²) >= 11 is 1.25. The molecular formula is C22H21N3O2S. The van der Waals surface area contributed by atoms with Crippen LogP contribution in [0.2, 0.25) is 0 Å². The highest BCUT2D eigenvalue weighted by molar-refractivity contribution is 7.99. The van der Waals surface area contributed by atoms with Crippen molar-refractivity contribution < 1.29 is 4.79 Å². The lowest BCUT2D eigenvalue weighted by molar-refractivity contribution is -0.119. The molecule has 5 nitrogen and oxygen atoms in total. The monoisotopic (exact) mass is 391 g/mol. The molecule has 1 aliphatic rings. The summed E-state index contributed by atoms with van der Waals surface area (Å²) in [6.45, 7) is 2.04. The second-order valence-corrected chi connectivity index (χ2v) is 7.72. The number of hydrogen-bond acceptors (Lipinski definition) is 4. The molecule has 6 heteroatoms. The smallest absolute Gasteiger partial charge is 0.251 e. The highest BCUT2D eigenvalue weighted by Gasteiger charge is 2.29. The molecule has 3 aromatic rings. The molecule has 0 saturated carbocycles. The van der Waals surface area contributed by atoms with Gasteiger partial charge in [0.25, 0.3) is 5.56 Å². The van der Waals surface area contributed by atoms with Crippen molar-refractivity contribution in [3.05, 3.63) is 81.8 Å². The average molecular weight is 391 g/mol. The van der Waals surface area contributed by atoms with E-state index in [2.05, 4.69) is 39.6 Å². The van der Waals surface area contributed by atoms with Crippen molar-refractivity contribution in [2.45, 2.75) is 31.0 Å². The molecule has 0 spiro atoms. The van der Waals surface area contributed by atoms with Crippen LogP contribution < -0.4 is 10.9 Å². The number of nitrogens with zero attached hydrogens (tertiary/aromatic N) is 1. The minimum absolute atomic E-state index is 0.0925. The van der Waals surface area contributed by atoms with Gasteiger partial charge in [0.1, 0.15) is 0 Å². The van der Waals surface area contributed by atoms with E-state index in [1.165, 1.54) is 17.8 Å². The van der Waals surface area contributed by atoms with Gasteiger partial charge >= 0.3 is 0 Å². The molecule has 2 N–H and O–H groups in total. The van der Waals surface area contributed by atoms with Gasteiger partial charge in [-0.15, -0.1) is 0 Å². The van der Waals surface area contributed by atoms with E-state index in [0.29, 0.717) is 5.16 Å². The Balaban J connectivity index is 1.48. The minimum atomic E-state index is -0.181. The molecule has 1 amide bonds. The highest BCUT2D eigenvalue weighted by Crippen LogP contribution is 2.42. The number of carbonyl (C=O) groups excluding carboxylic acids is 1. The van der Waals surface area contributed by atoms with E-state index < -0.39 is 0 Å². The molecule has 0 saturated heterocycles. The largest absolute Gasteiger partial charge is 0.344 e. The Morgan fingerprint density at radius 1 is 1.11 bits per heavy atom. The van der Waals surface area contributed by atoms with Crippen molar-refractivity contribution in [3.8, 4) is 11.1 Å². The first-order valence-electron chi connectivity index (χ1n) is 9.36. The van der Waals surface area contributed by atoms with Crippen molar-refractivity contribution in [2.75, 3.05) is 5.75 Å². The van der Waals surface area contributed by atoms with Crippen LogP contribution in [0.5, 0.6) is 0 Å². The Bertz CT molecular complexity index is 1030. The molecule has 0 atom stereocenters. The third-order valence-electron chi connectivity index (χ3n) is 4.76. The Labute approximate surface area is 167 Å². The summed E-state index contributed by atoms with van der Waals surface area (Å²) in [6.07, 6.45) is 1.67. The molecule has 2 aromatic carbocycles. The fourth-order valence-corrected chi connectivity index (χ4v) is 4.29. The Kier molecular flexibility index (Phi) is 5.30. The predicted octanol–water partition coefficient (Wildman–Crippen LogP) is 3.70. The summed E-state index contributed by atoms with van der Waals surface area (Å²) in [5.74, 6) is 0.101. The zero-order valence-corrected chi connectivity index (χ0v) is 16.4. The molecule has 0 radical (unpaired) electrons. The quantitative estimate of drug-likeness (QED) is 0.496. The predicted molar refractivity (Wildman–Crippen MR) is 111 cm³/mol. The molecule has 0 aliphatic heterocycles. The van der Waals surface area contributed by atoms with Gasteiger partial charge in [-0.2, -0.15) is 0 Å². The third kappa shape index (κ3) is 3.73. The van der Waals surface area contributed by atoms with Crippen LogP contribution >= 0.6 is 11.8 Å². The summed E-state index contributed by atoms with van der Waals surface area (Å²) in [5.41, 5.74) is 5.12. The number of aromatic amines is 1. The average Bonchev–Trinajstić information content (AvgIpc) is 3.01. The van der Waals surface area contributed by atoms with Crippen LogP contribution in [0.15, 0.2) is 64.5 Å². The van der Waals surface area contributed by atoms with Crippen molar-refractivity contribution in [2.24, 2.45) is 0 Å². The molecular weight excluding hydrogens is 370 g/mol. The zero-order chi connectivity index (χ0) is 19.5. The zero-order valence-electron chi connectivity index (χ0n) is 15.6. The lowest BCUT2D eigenvalue weighted by Crippen LogP contribution is -2.29. The Hall–Kier alpha value is -2.86. The number of benzene rings is 2. The van der Waals surface area contributed by atoms with Crippen molar-refractivity contribution in [3.63, 3.8) is 0 Å². The lowest BCUT2D eigenvalue weighted by Gasteiger charge is -2.15. The second-order valence-electron chi connectivity index (χ2n) is 6.76. The van der Waals surface area contributed by atoms with E-state index in [4.69, 9.17) is 0 Å². The Morgan fingerprint density at radius 3 is 2.39 bits per heavy atom. The number of aromatic nitrogens is 2. The number of fused-ring (bicyclic) bond motifs is 3. The molecule has 28 heavy (non-hydrogen) atoms. The van der Waals surface area contributed by atoms with Crippen LogP contribution in [0, 0.1) is 0 Å². The van der Waals surface area contributed by atoms with E-state index in [0.717, 1.165) is 40.8 Å². The van der Waals surface area contributed by atoms with Gasteiger partial charge in [0.05, 0.1) is 11.8 Å². The standard InChI is InChI=1S/C22H21N3O2S/c1-2-7-14-12-19(26)25-22(23-14)28-13-20(27)24-21-17-10-5-3-8-15(17)16-9-4-6-11-18(16)21/h3-6,8-12,21H,2,7,13H2,1H3,(H,24,27)(H,23,25,26). The Morgan fingerprint density at radius 2 is 1.75 bits per heavy atom. The summed E-state index contributed by atoms with van der Waals surface area (Å²) in [6, 6.07) is 17.7. The van der Waals surface area contributed by atoms with Crippen LogP contribution in [0.3, 0.4) is 0 Å². The van der Waals surface area contributed by atoms with E-state index in [1.54, 1.807) is 0 Å². The number of amides is 1. The number of carbonyl (C=O) groups is 1. The van der Waals surface area contributed by atoms with Gasteiger partial charge in [-0.25, -0.2) is 4.98 Å². The maximum Gasteiger partial charge on any atom is 0.251 e. The molecule has 0 fully saturated rings. The van der Waals surface area contributed by atoms with E-state index >= 15 is 0 Å². The first-order chi connectivity index (χ1) is 13.7. The van der Waals surface area contributed by atoms with Crippen molar-refractivity contribution >= 4 is 17.7 Å². The van der Waals surface area contributed by atoms with Crippen LogP contribution in [-0.4, -0.2) is 21.6 Å². The second kappa shape index (κ2) is 8.02. The van der Waals surface area contributed by atoms with Crippen LogP contribution in [-0.2, 0) is 11.2 Å². The number of nitrogens with one attached hydrogen (secondary N) is 2. The third-order valence-corrected chi connectivity index (χ3v) is 5.63. The summed E-state index contributed by atoms with van der Waals surface area (Å²) in [5, 5.41) is 3.62. The number of aryl methyl sites for hydroxylation is 1. The van der Waals surface area contributed by atoms with Gasteiger partial charge in [0.2, 0.25) is 5.91 Å². The van der Waals surface area contributed by atoms with Crippen LogP contribution in [0.4, 0.5) is 0 Å². The minimum Gasteiger partial charge on any atom is -0.344 e. The SMILES string of the molecule is CCCc1cc(=O)[nH]c(SCC(=O)NC2c3ccccc3-c3ccccc32)n1. The van der Waals surface area contributed by atoms with Crippen molar-refractivity contribution in [1.29, 1.82) is 0 Å². The van der Waals surface area contributed by atoms with Gasteiger partial charge in [-0.3, -0.25) is 9.59 Å². The van der Waals surface area contributed by atoms with Gasteiger partial charge in [-0.1, -0.05) is 73.6 Å². The van der Waals surface area contributed by atoms with Crippen LogP contribution in [0.25, 0.3) is 11.1 Å². The van der Waals surface area contributed by atoms with Gasteiger partial charge in [-0.05, 0) is 28.7 Å². The number of hydrogen-bond donors (Lipinski definition) is 2. The first kappa shape index (κ1) is 18.5. The van der Waals surface area contributed by atoms with E-state index in [9.17, 15) is 9.59 Å². The van der Waals surface area contributed by atoms with E-state index in [-0.39, 0.29) is 23.3 Å². The highest BCUT2D eigenvalue weighted by atomic mass is 32.2. The maximum absolute atomic E-state index is 12.6. The number of thioether (sulfide) groups is 1. The first-order valence-corrected chi connectivity index (χ1v) is 10.3. The molecule has 0 unspecified atom stereocenters. The molecule has 4 rings (SSSR count). The van der Waals surface area contributed by atoms with Gasteiger partial charge in [0.15, 0.2) is 5.16 Å².